The van der Waals surface area contributed by atoms with Crippen molar-refractivity contribution in [2.24, 2.45) is 5.73 Å². The zero-order valence-corrected chi connectivity index (χ0v) is 43.7. The summed E-state index contributed by atoms with van der Waals surface area (Å²) in [5.41, 5.74) is 5.42. The van der Waals surface area contributed by atoms with Crippen LogP contribution >= 0.6 is 46.9 Å². The van der Waals surface area contributed by atoms with E-state index in [2.05, 4.69) is 40.7 Å². The molecule has 0 amide bonds. The van der Waals surface area contributed by atoms with Crippen molar-refractivity contribution < 1.29 is 172 Å². The average Bonchev–Trinajstić information content (AvgIpc) is 3.32. The fourth-order valence-corrected chi connectivity index (χ4v) is 9.48. The van der Waals surface area contributed by atoms with Gasteiger partial charge in [-0.2, -0.15) is 0 Å². The first-order valence-corrected chi connectivity index (χ1v) is 30.1. The van der Waals surface area contributed by atoms with Crippen LogP contribution < -0.4 is 5.73 Å². The molecular weight excluding hydrogens is 1140 g/mol. The minimum atomic E-state index is -5.26. The minimum absolute atomic E-state index is 0.229. The van der Waals surface area contributed by atoms with Gasteiger partial charge in [-0.1, -0.05) is 12.8 Å². The molecule has 43 heteroatoms. The normalized spacial score (nSPS) is 26.2. The highest BCUT2D eigenvalue weighted by molar-refractivity contribution is 7.48. The molecule has 1 aliphatic rings. The molecule has 37 nitrogen and oxygen atoms in total. The largest absolute Gasteiger partial charge is 0.472 e. The second-order valence-corrected chi connectivity index (χ2v) is 23.7. The van der Waals surface area contributed by atoms with Crippen LogP contribution in [-0.2, 0) is 91.1 Å². The Labute approximate surface area is 415 Å². The minimum Gasteiger partial charge on any atom is -0.394 e. The van der Waals surface area contributed by atoms with Crippen molar-refractivity contribution in [1.29, 1.82) is 0 Å². The first-order valence-electron chi connectivity index (χ1n) is 21.1. The molecule has 1 saturated heterocycles. The van der Waals surface area contributed by atoms with E-state index in [1.165, 1.54) is 0 Å². The van der Waals surface area contributed by atoms with Gasteiger partial charge in [-0.3, -0.25) is 54.3 Å². The molecule has 0 saturated carbocycles. The lowest BCUT2D eigenvalue weighted by Gasteiger charge is -2.40. The maximum absolute atomic E-state index is 12.6. The summed E-state index contributed by atoms with van der Waals surface area (Å²) in [5, 5.41) is 97.5. The molecular formula is C30H67NO36P6. The van der Waals surface area contributed by atoms with E-state index in [0.717, 1.165) is 0 Å². The maximum Gasteiger partial charge on any atom is 0.472 e. The van der Waals surface area contributed by atoms with Crippen molar-refractivity contribution in [3.05, 3.63) is 0 Å². The molecule has 0 aromatic carbocycles. The maximum atomic E-state index is 12.6. The van der Waals surface area contributed by atoms with E-state index < -0.39 is 200 Å². The highest BCUT2D eigenvalue weighted by Crippen LogP contribution is 2.49. The number of ether oxygens (including phenoxy) is 2. The van der Waals surface area contributed by atoms with Crippen LogP contribution in [0.5, 0.6) is 0 Å². The van der Waals surface area contributed by atoms with Crippen LogP contribution in [0.2, 0.25) is 0 Å². The van der Waals surface area contributed by atoms with Gasteiger partial charge in [0.1, 0.15) is 61.0 Å². The Bertz CT molecular complexity index is 1820. The molecule has 1 rings (SSSR count). The summed E-state index contributed by atoms with van der Waals surface area (Å²) in [5.74, 6) is 0. The van der Waals surface area contributed by atoms with Gasteiger partial charge in [0.2, 0.25) is 0 Å². The van der Waals surface area contributed by atoms with Gasteiger partial charge in [-0.05, 0) is 19.4 Å². The number of hydrogen-bond acceptors (Lipinski definition) is 31. The van der Waals surface area contributed by atoms with Gasteiger partial charge in [0, 0.05) is 0 Å². The van der Waals surface area contributed by atoms with E-state index in [1.54, 1.807) is 0 Å². The number of aliphatic hydroxyl groups is 10. The van der Waals surface area contributed by atoms with E-state index >= 15 is 0 Å². The van der Waals surface area contributed by atoms with Crippen LogP contribution in [0.1, 0.15) is 25.7 Å². The van der Waals surface area contributed by atoms with Gasteiger partial charge in [0.25, 0.3) is 0 Å². The molecule has 6 unspecified atom stereocenters. The SMILES string of the molecule is NCCCCCCOP(=O)(O)OC[C@@H](COP(=O)(O)OC[C@H](O)COP(=O)(O)OC[C@H](O)COP(=O)(O)OC[C@H](O)COP(=O)(O)OC[C@H](O)COP(=O)(O)OC[C@H](O)CO)O[C@H]1O[C@H](CO)[C@@H](O)[C@H](O)[C@H]1O. The number of rotatable bonds is 44. The quantitative estimate of drug-likeness (QED) is 0.0201. The van der Waals surface area contributed by atoms with E-state index in [1.807, 2.05) is 0 Å². The van der Waals surface area contributed by atoms with Gasteiger partial charge in [0.15, 0.2) is 6.29 Å². The Hall–Kier alpha value is 0.140. The summed E-state index contributed by atoms with van der Waals surface area (Å²) in [6, 6.07) is 0. The molecule has 0 aliphatic carbocycles. The Morgan fingerprint density at radius 1 is 0.411 bits per heavy atom. The van der Waals surface area contributed by atoms with Gasteiger partial charge in [-0.25, -0.2) is 27.4 Å². The van der Waals surface area contributed by atoms with Gasteiger partial charge in [-0.15, -0.1) is 0 Å². The van der Waals surface area contributed by atoms with Crippen LogP contribution in [0, 0.1) is 0 Å². The van der Waals surface area contributed by atoms with Gasteiger partial charge < -0.3 is 95.6 Å². The standard InChI is InChI=1S/C30H67NO36P6/c31-5-3-1-2-4-6-54-68(42,43)64-18-25(66-30-29(41)28(40)27(39)26(8-33)67-30)19-65-73(52,53)63-17-24(38)16-62-72(50,51)61-15-23(37)14-60-71(48,49)59-13-22(36)12-58-70(46,47)57-11-21(35)10-56-69(44,45)55-9-20(34)7-32/h20-30,32-41H,1-19,31H2,(H,42,43)(H,44,45)(H,46,47)(H,48,49)(H,50,51)(H,52,53)/t20-,21-,22-,23-,24-,25+,26-,27-,28+,29-,30+/m1/s1. The number of phosphoric ester groups is 6. The van der Waals surface area contributed by atoms with Crippen molar-refractivity contribution >= 4 is 46.9 Å². The van der Waals surface area contributed by atoms with Crippen molar-refractivity contribution in [2.45, 2.75) is 93.0 Å². The molecule has 0 spiro atoms. The Morgan fingerprint density at radius 3 is 1.03 bits per heavy atom. The van der Waals surface area contributed by atoms with E-state index in [0.29, 0.717) is 32.2 Å². The van der Waals surface area contributed by atoms with Crippen LogP contribution in [0.25, 0.3) is 0 Å². The zero-order valence-electron chi connectivity index (χ0n) is 38.4. The number of unbranched alkanes of at least 4 members (excludes halogenated alkanes) is 3. The molecule has 438 valence electrons. The summed E-state index contributed by atoms with van der Waals surface area (Å²) in [6.07, 6.45) is -17.8. The van der Waals surface area contributed by atoms with Crippen LogP contribution in [0.3, 0.4) is 0 Å². The third-order valence-corrected chi connectivity index (χ3v) is 14.2. The lowest BCUT2D eigenvalue weighted by atomic mass is 9.99. The Kier molecular flexibility index (Phi) is 34.1. The topological polar surface area (TPSA) is 581 Å². The predicted molar refractivity (Wildman–Crippen MR) is 234 cm³/mol. The van der Waals surface area contributed by atoms with E-state index in [9.17, 15) is 97.6 Å². The Morgan fingerprint density at radius 2 is 0.712 bits per heavy atom. The monoisotopic (exact) mass is 1200 g/mol. The van der Waals surface area contributed by atoms with Crippen molar-refractivity contribution in [3.63, 3.8) is 0 Å². The van der Waals surface area contributed by atoms with E-state index in [4.69, 9.17) is 39.0 Å². The Balaban J connectivity index is 2.56. The summed E-state index contributed by atoms with van der Waals surface area (Å²) < 4.78 is 138. The summed E-state index contributed by atoms with van der Waals surface area (Å²) in [6.45, 7) is -13.3. The van der Waals surface area contributed by atoms with Gasteiger partial charge in [0.05, 0.1) is 92.5 Å². The second-order valence-electron chi connectivity index (χ2n) is 15.0. The molecule has 1 aliphatic heterocycles. The van der Waals surface area contributed by atoms with Crippen LogP contribution in [-0.4, -0.2) is 247 Å². The summed E-state index contributed by atoms with van der Waals surface area (Å²) >= 11 is 0. The molecule has 17 atom stereocenters. The lowest BCUT2D eigenvalue weighted by molar-refractivity contribution is -0.314. The van der Waals surface area contributed by atoms with E-state index in [-0.39, 0.29) is 6.61 Å². The highest BCUT2D eigenvalue weighted by atomic mass is 31.2. The fraction of sp³-hybridized carbons (Fsp3) is 1.00. The van der Waals surface area contributed by atoms with Crippen molar-refractivity contribution in [2.75, 3.05) is 99.0 Å². The highest BCUT2D eigenvalue weighted by Gasteiger charge is 2.45. The molecule has 1 heterocycles. The number of phosphoric acid groups is 6. The molecule has 1 fully saturated rings. The second kappa shape index (κ2) is 35.0. The zero-order chi connectivity index (χ0) is 55.7. The molecule has 0 radical (unpaired) electrons. The molecule has 0 aromatic heterocycles. The fourth-order valence-electron chi connectivity index (χ4n) is 4.72. The third kappa shape index (κ3) is 33.4. The van der Waals surface area contributed by atoms with Crippen LogP contribution in [0.4, 0.5) is 0 Å². The van der Waals surface area contributed by atoms with Crippen LogP contribution in [0.15, 0.2) is 0 Å². The third-order valence-electron chi connectivity index (χ3n) is 8.46. The number of hydrogen-bond donors (Lipinski definition) is 17. The molecule has 73 heavy (non-hydrogen) atoms. The first-order chi connectivity index (χ1) is 33.8. The predicted octanol–water partition coefficient (Wildman–Crippen LogP) is -4.71. The van der Waals surface area contributed by atoms with Gasteiger partial charge >= 0.3 is 46.9 Å². The number of aliphatic hydroxyl groups excluding tert-OH is 10. The molecule has 0 bridgehead atoms. The van der Waals surface area contributed by atoms with Crippen molar-refractivity contribution in [1.82, 2.24) is 0 Å². The smallest absolute Gasteiger partial charge is 0.394 e. The first kappa shape index (κ1) is 71.2. The van der Waals surface area contributed by atoms with Crippen molar-refractivity contribution in [3.8, 4) is 0 Å². The average molecular weight is 1200 g/mol. The lowest BCUT2D eigenvalue weighted by Crippen LogP contribution is -2.60. The number of nitrogens with two attached hydrogens (primary N) is 1. The molecule has 18 N–H and O–H groups in total. The summed E-state index contributed by atoms with van der Waals surface area (Å²) in [4.78, 5) is 59.1. The molecule has 0 aromatic rings. The summed E-state index contributed by atoms with van der Waals surface area (Å²) in [7, 11) is -30.3.